The molecule has 1 aliphatic rings. The highest BCUT2D eigenvalue weighted by molar-refractivity contribution is 9.10. The van der Waals surface area contributed by atoms with Crippen molar-refractivity contribution in [2.45, 2.75) is 71.4 Å². The van der Waals surface area contributed by atoms with Gasteiger partial charge in [-0.1, -0.05) is 54.9 Å². The molecule has 0 aliphatic carbocycles. The summed E-state index contributed by atoms with van der Waals surface area (Å²) in [5.74, 6) is 2.21. The summed E-state index contributed by atoms with van der Waals surface area (Å²) >= 11 is 5.30. The number of carbonyl (C=O) groups is 1. The number of unbranched alkanes of at least 4 members (excludes halogenated alkanes) is 1. The van der Waals surface area contributed by atoms with Crippen molar-refractivity contribution in [1.29, 1.82) is 0 Å². The van der Waals surface area contributed by atoms with E-state index in [0.29, 0.717) is 45.0 Å². The van der Waals surface area contributed by atoms with Crippen LogP contribution in [-0.2, 0) is 16.1 Å². The van der Waals surface area contributed by atoms with E-state index in [1.807, 2.05) is 45.0 Å². The van der Waals surface area contributed by atoms with Gasteiger partial charge in [0, 0.05) is 11.4 Å². The fourth-order valence-electron chi connectivity index (χ4n) is 4.35. The van der Waals surface area contributed by atoms with Crippen molar-refractivity contribution >= 4 is 39.6 Å². The van der Waals surface area contributed by atoms with Crippen LogP contribution in [0.25, 0.3) is 0 Å². The van der Waals surface area contributed by atoms with E-state index in [2.05, 4.69) is 47.2 Å². The number of methoxy groups -OCH3 is 1. The van der Waals surface area contributed by atoms with E-state index in [1.165, 1.54) is 5.56 Å². The average Bonchev–Trinajstić information content (AvgIpc) is 3.28. The van der Waals surface area contributed by atoms with Gasteiger partial charge in [-0.25, -0.2) is 9.48 Å². The van der Waals surface area contributed by atoms with Gasteiger partial charge in [-0.2, -0.15) is 4.98 Å². The SMILES string of the molecule is CCCCSc1nc2n(n1)C(c1cc(Br)c(OCc3cccc(C)c3)c(OC)c1)C(C(=O)OC(C)C)=C(C)N2. The van der Waals surface area contributed by atoms with Crippen LogP contribution in [0.4, 0.5) is 5.95 Å². The summed E-state index contributed by atoms with van der Waals surface area (Å²) in [6.07, 6.45) is 1.90. The third-order valence-corrected chi connectivity index (χ3v) is 7.67. The van der Waals surface area contributed by atoms with E-state index in [0.717, 1.165) is 29.7 Å². The lowest BCUT2D eigenvalue weighted by molar-refractivity contribution is -0.143. The topological polar surface area (TPSA) is 87.5 Å². The third-order valence-electron chi connectivity index (χ3n) is 6.16. The maximum atomic E-state index is 13.4. The molecule has 1 N–H and O–H groups in total. The third kappa shape index (κ3) is 6.78. The van der Waals surface area contributed by atoms with Crippen LogP contribution in [0, 0.1) is 6.92 Å². The molecule has 1 aromatic heterocycles. The highest BCUT2D eigenvalue weighted by Gasteiger charge is 2.36. The van der Waals surface area contributed by atoms with Crippen LogP contribution in [-0.4, -0.2) is 39.7 Å². The van der Waals surface area contributed by atoms with Crippen LogP contribution in [0.5, 0.6) is 11.5 Å². The monoisotopic (exact) mass is 614 g/mol. The number of fused-ring (bicyclic) bond motifs is 1. The number of aryl methyl sites for hydroxylation is 1. The number of allylic oxidation sites excluding steroid dienone is 1. The number of nitrogens with one attached hydrogen (secondary N) is 1. The lowest BCUT2D eigenvalue weighted by Gasteiger charge is -2.29. The second-order valence-electron chi connectivity index (χ2n) is 9.70. The molecule has 0 amide bonds. The molecule has 208 valence electrons. The highest BCUT2D eigenvalue weighted by atomic mass is 79.9. The molecule has 0 bridgehead atoms. The van der Waals surface area contributed by atoms with Crippen molar-refractivity contribution in [3.8, 4) is 11.5 Å². The summed E-state index contributed by atoms with van der Waals surface area (Å²) in [5, 5.41) is 8.71. The van der Waals surface area contributed by atoms with Gasteiger partial charge >= 0.3 is 5.97 Å². The fraction of sp³-hybridized carbons (Fsp3) is 0.414. The number of nitrogens with zero attached hydrogens (tertiary/aromatic N) is 3. The smallest absolute Gasteiger partial charge is 0.338 e. The number of carbonyl (C=O) groups excluding carboxylic acids is 1. The summed E-state index contributed by atoms with van der Waals surface area (Å²) < 4.78 is 20.1. The van der Waals surface area contributed by atoms with Crippen LogP contribution in [0.2, 0.25) is 0 Å². The number of aromatic nitrogens is 3. The lowest BCUT2D eigenvalue weighted by atomic mass is 9.95. The molecule has 39 heavy (non-hydrogen) atoms. The van der Waals surface area contributed by atoms with E-state index in [1.54, 1.807) is 23.6 Å². The number of halogens is 1. The van der Waals surface area contributed by atoms with Crippen LogP contribution >= 0.6 is 27.7 Å². The maximum absolute atomic E-state index is 13.4. The lowest BCUT2D eigenvalue weighted by Crippen LogP contribution is -2.30. The summed E-state index contributed by atoms with van der Waals surface area (Å²) in [6.45, 7) is 10.1. The van der Waals surface area contributed by atoms with Crippen molar-refractivity contribution in [3.05, 3.63) is 68.8 Å². The van der Waals surface area contributed by atoms with Gasteiger partial charge in [-0.15, -0.1) is 5.10 Å². The van der Waals surface area contributed by atoms with Gasteiger partial charge in [0.05, 0.1) is 23.3 Å². The number of hydrogen-bond acceptors (Lipinski definition) is 8. The summed E-state index contributed by atoms with van der Waals surface area (Å²) in [7, 11) is 1.60. The maximum Gasteiger partial charge on any atom is 0.338 e. The zero-order valence-electron chi connectivity index (χ0n) is 23.2. The summed E-state index contributed by atoms with van der Waals surface area (Å²) in [6, 6.07) is 11.4. The molecule has 8 nitrogen and oxygen atoms in total. The molecule has 2 aromatic carbocycles. The Kier molecular flexibility index (Phi) is 9.61. The second-order valence-corrected chi connectivity index (χ2v) is 11.6. The molecule has 2 heterocycles. The van der Waals surface area contributed by atoms with Gasteiger partial charge in [-0.05, 0) is 73.3 Å². The quantitative estimate of drug-likeness (QED) is 0.139. The molecule has 1 aliphatic heterocycles. The summed E-state index contributed by atoms with van der Waals surface area (Å²) in [5.41, 5.74) is 4.15. The van der Waals surface area contributed by atoms with Crippen LogP contribution in [0.1, 0.15) is 63.3 Å². The van der Waals surface area contributed by atoms with Crippen molar-refractivity contribution in [1.82, 2.24) is 14.8 Å². The summed E-state index contributed by atoms with van der Waals surface area (Å²) in [4.78, 5) is 18.1. The van der Waals surface area contributed by atoms with Gasteiger partial charge < -0.3 is 19.5 Å². The van der Waals surface area contributed by atoms with Crippen molar-refractivity contribution < 1.29 is 19.0 Å². The van der Waals surface area contributed by atoms with Crippen molar-refractivity contribution in [2.75, 3.05) is 18.2 Å². The largest absolute Gasteiger partial charge is 0.493 e. The molecule has 0 radical (unpaired) electrons. The van der Waals surface area contributed by atoms with Crippen LogP contribution in [0.3, 0.4) is 0 Å². The Balaban J connectivity index is 1.75. The van der Waals surface area contributed by atoms with Gasteiger partial charge in [-0.3, -0.25) is 0 Å². The number of hydrogen-bond donors (Lipinski definition) is 1. The van der Waals surface area contributed by atoms with E-state index >= 15 is 0 Å². The number of thioether (sulfide) groups is 1. The van der Waals surface area contributed by atoms with Crippen molar-refractivity contribution in [2.24, 2.45) is 0 Å². The van der Waals surface area contributed by atoms with E-state index in [4.69, 9.17) is 24.3 Å². The second kappa shape index (κ2) is 12.9. The van der Waals surface area contributed by atoms with Gasteiger partial charge in [0.25, 0.3) is 0 Å². The highest BCUT2D eigenvalue weighted by Crippen LogP contribution is 2.43. The molecule has 1 unspecified atom stereocenters. The predicted molar refractivity (Wildman–Crippen MR) is 158 cm³/mol. The molecular formula is C29H35BrN4O4S. The Morgan fingerprint density at radius 3 is 2.72 bits per heavy atom. The van der Waals surface area contributed by atoms with Gasteiger partial charge in [0.1, 0.15) is 12.6 Å². The minimum atomic E-state index is -0.573. The molecule has 4 rings (SSSR count). The number of ether oxygens (including phenoxy) is 3. The molecular weight excluding hydrogens is 580 g/mol. The fourth-order valence-corrected chi connectivity index (χ4v) is 5.83. The van der Waals surface area contributed by atoms with E-state index in [-0.39, 0.29) is 6.10 Å². The van der Waals surface area contributed by atoms with Crippen molar-refractivity contribution in [3.63, 3.8) is 0 Å². The number of esters is 1. The Morgan fingerprint density at radius 2 is 2.03 bits per heavy atom. The Morgan fingerprint density at radius 1 is 1.23 bits per heavy atom. The molecule has 0 saturated carbocycles. The first-order valence-electron chi connectivity index (χ1n) is 13.1. The molecule has 1 atom stereocenters. The number of anilines is 1. The molecule has 0 saturated heterocycles. The standard InChI is InChI=1S/C29H35BrN4O4S/c1-7-8-12-39-29-32-28-31-19(5)24(27(35)38-17(2)3)25(34(28)33-29)21-14-22(30)26(23(15-21)36-6)37-16-20-11-9-10-18(4)13-20/h9-11,13-15,17,25H,7-8,12,16H2,1-6H3,(H,31,32,33). The molecule has 0 fully saturated rings. The predicted octanol–water partition coefficient (Wildman–Crippen LogP) is 7.07. The Bertz CT molecular complexity index is 1370. The minimum absolute atomic E-state index is 0.269. The zero-order chi connectivity index (χ0) is 28.1. The average molecular weight is 616 g/mol. The first-order chi connectivity index (χ1) is 18.7. The Labute approximate surface area is 242 Å². The van der Waals surface area contributed by atoms with E-state index < -0.39 is 12.0 Å². The van der Waals surface area contributed by atoms with Crippen LogP contribution in [0.15, 0.2) is 57.3 Å². The van der Waals surface area contributed by atoms with Gasteiger partial charge in [0.2, 0.25) is 11.1 Å². The molecule has 10 heteroatoms. The van der Waals surface area contributed by atoms with Crippen LogP contribution < -0.4 is 14.8 Å². The normalized spacial score (nSPS) is 14.7. The number of benzene rings is 2. The first-order valence-corrected chi connectivity index (χ1v) is 14.8. The molecule has 3 aromatic rings. The number of rotatable bonds is 11. The first kappa shape index (κ1) is 29.0. The molecule has 0 spiro atoms. The van der Waals surface area contributed by atoms with E-state index in [9.17, 15) is 4.79 Å². The minimum Gasteiger partial charge on any atom is -0.493 e. The zero-order valence-corrected chi connectivity index (χ0v) is 25.6. The van der Waals surface area contributed by atoms with Gasteiger partial charge in [0.15, 0.2) is 11.5 Å². The Hall–Kier alpha value is -2.98.